The van der Waals surface area contributed by atoms with Crippen LogP contribution in [0.1, 0.15) is 18.4 Å². The molecule has 0 aromatic heterocycles. The van der Waals surface area contributed by atoms with Gasteiger partial charge in [-0.2, -0.15) is 0 Å². The van der Waals surface area contributed by atoms with E-state index in [1.165, 1.54) is 5.56 Å². The van der Waals surface area contributed by atoms with Crippen molar-refractivity contribution in [3.63, 3.8) is 0 Å². The van der Waals surface area contributed by atoms with E-state index in [-0.39, 0.29) is 0 Å². The Hall–Kier alpha value is -1.55. The van der Waals surface area contributed by atoms with Crippen molar-refractivity contribution in [1.29, 1.82) is 0 Å². The van der Waals surface area contributed by atoms with Crippen LogP contribution in [0.2, 0.25) is 0 Å². The van der Waals surface area contributed by atoms with Crippen molar-refractivity contribution in [1.82, 2.24) is 9.80 Å². The normalized spacial score (nSPS) is 24.3. The number of piperazine rings is 1. The van der Waals surface area contributed by atoms with E-state index in [0.29, 0.717) is 17.7 Å². The average Bonchev–Trinajstić information content (AvgIpc) is 2.74. The minimum atomic E-state index is 0.310. The van der Waals surface area contributed by atoms with E-state index in [4.69, 9.17) is 0 Å². The summed E-state index contributed by atoms with van der Waals surface area (Å²) >= 11 is 0. The second-order valence-corrected chi connectivity index (χ2v) is 5.18. The van der Waals surface area contributed by atoms with E-state index >= 15 is 0 Å². The molecule has 0 spiro atoms. The number of rotatable bonds is 2. The third-order valence-corrected chi connectivity index (χ3v) is 3.92. The minimum absolute atomic E-state index is 0.310. The monoisotopic (exact) mass is 246 g/mol. The topological polar surface area (TPSA) is 43.8 Å². The number of carbonyl (C=O) groups excluding carboxylic acids is 1. The van der Waals surface area contributed by atoms with E-state index in [0.717, 1.165) is 39.0 Å². The molecule has 0 bridgehead atoms. The zero-order chi connectivity index (χ0) is 12.5. The molecule has 1 aromatic carbocycles. The van der Waals surface area contributed by atoms with Gasteiger partial charge in [-0.25, -0.2) is 0 Å². The van der Waals surface area contributed by atoms with Crippen LogP contribution in [0.4, 0.5) is 0 Å². The fourth-order valence-corrected chi connectivity index (χ4v) is 2.93. The first-order valence-corrected chi connectivity index (χ1v) is 6.52. The number of carbonyl (C=O) groups is 1. The summed E-state index contributed by atoms with van der Waals surface area (Å²) in [5, 5.41) is 9.26. The van der Waals surface area contributed by atoms with Gasteiger partial charge in [-0.1, -0.05) is 12.1 Å². The quantitative estimate of drug-likeness (QED) is 0.852. The summed E-state index contributed by atoms with van der Waals surface area (Å²) in [5.41, 5.74) is 1.21. The Morgan fingerprint density at radius 1 is 1.22 bits per heavy atom. The van der Waals surface area contributed by atoms with Crippen molar-refractivity contribution >= 4 is 5.91 Å². The molecule has 1 N–H and O–H groups in total. The van der Waals surface area contributed by atoms with E-state index in [1.807, 2.05) is 17.0 Å². The van der Waals surface area contributed by atoms with Gasteiger partial charge in [0.05, 0.1) is 0 Å². The molecule has 4 heteroatoms. The first kappa shape index (κ1) is 11.5. The zero-order valence-electron chi connectivity index (χ0n) is 10.4. The van der Waals surface area contributed by atoms with Crippen molar-refractivity contribution in [3.05, 3.63) is 29.8 Å². The molecule has 1 unspecified atom stereocenters. The number of hydrogen-bond acceptors (Lipinski definition) is 3. The lowest BCUT2D eigenvalue weighted by molar-refractivity contribution is -0.130. The van der Waals surface area contributed by atoms with Crippen LogP contribution in [0, 0.1) is 0 Å². The van der Waals surface area contributed by atoms with Crippen LogP contribution in [0.5, 0.6) is 5.75 Å². The van der Waals surface area contributed by atoms with Crippen LogP contribution in [-0.2, 0) is 11.3 Å². The van der Waals surface area contributed by atoms with Gasteiger partial charge >= 0.3 is 0 Å². The number of nitrogens with zero attached hydrogens (tertiary/aromatic N) is 2. The van der Waals surface area contributed by atoms with Gasteiger partial charge in [-0.05, 0) is 24.1 Å². The second kappa shape index (κ2) is 4.61. The summed E-state index contributed by atoms with van der Waals surface area (Å²) in [4.78, 5) is 16.0. The lowest BCUT2D eigenvalue weighted by atomic mass is 10.1. The van der Waals surface area contributed by atoms with Crippen LogP contribution < -0.4 is 0 Å². The molecule has 2 aliphatic rings. The summed E-state index contributed by atoms with van der Waals surface area (Å²) < 4.78 is 0. The molecule has 0 saturated carbocycles. The van der Waals surface area contributed by atoms with Crippen LogP contribution in [0.25, 0.3) is 0 Å². The van der Waals surface area contributed by atoms with Gasteiger partial charge in [-0.3, -0.25) is 9.69 Å². The van der Waals surface area contributed by atoms with Crippen LogP contribution in [-0.4, -0.2) is 46.5 Å². The molecule has 96 valence electrons. The van der Waals surface area contributed by atoms with Crippen molar-refractivity contribution in [2.45, 2.75) is 25.4 Å². The number of amides is 1. The standard InChI is InChI=1S/C14H18N2O2/c17-13-4-1-11(2-5-13)9-15-7-8-16-12(10-15)3-6-14(16)18/h1-2,4-5,12,17H,3,6-10H2. The maximum Gasteiger partial charge on any atom is 0.222 e. The molecule has 0 radical (unpaired) electrons. The fraction of sp³-hybridized carbons (Fsp3) is 0.500. The SMILES string of the molecule is O=C1CCC2CN(Cc3ccc(O)cc3)CCN12. The lowest BCUT2D eigenvalue weighted by Gasteiger charge is -2.37. The summed E-state index contributed by atoms with van der Waals surface area (Å²) in [5.74, 6) is 0.634. The molecule has 18 heavy (non-hydrogen) atoms. The third-order valence-electron chi connectivity index (χ3n) is 3.92. The molecule has 2 heterocycles. The molecule has 1 aromatic rings. The molecule has 1 amide bonds. The first-order chi connectivity index (χ1) is 8.72. The first-order valence-electron chi connectivity index (χ1n) is 6.52. The predicted octanol–water partition coefficient (Wildman–Crippen LogP) is 1.20. The van der Waals surface area contributed by atoms with Gasteiger partial charge in [0.25, 0.3) is 0 Å². The Bertz CT molecular complexity index is 444. The molecule has 3 rings (SSSR count). The minimum Gasteiger partial charge on any atom is -0.508 e. The van der Waals surface area contributed by atoms with Gasteiger partial charge in [0.15, 0.2) is 0 Å². The third kappa shape index (κ3) is 2.20. The largest absolute Gasteiger partial charge is 0.508 e. The maximum atomic E-state index is 11.6. The number of phenolic OH excluding ortho intramolecular Hbond substituents is 1. The van der Waals surface area contributed by atoms with Gasteiger partial charge in [0.2, 0.25) is 5.91 Å². The number of aromatic hydroxyl groups is 1. The van der Waals surface area contributed by atoms with Crippen LogP contribution in [0.3, 0.4) is 0 Å². The van der Waals surface area contributed by atoms with Crippen molar-refractivity contribution in [2.75, 3.05) is 19.6 Å². The van der Waals surface area contributed by atoms with E-state index < -0.39 is 0 Å². The van der Waals surface area contributed by atoms with Crippen molar-refractivity contribution < 1.29 is 9.90 Å². The summed E-state index contributed by atoms with van der Waals surface area (Å²) in [6, 6.07) is 7.79. The second-order valence-electron chi connectivity index (χ2n) is 5.18. The molecule has 2 fully saturated rings. The summed E-state index contributed by atoms with van der Waals surface area (Å²) in [6.45, 7) is 3.69. The molecular weight excluding hydrogens is 228 g/mol. The summed E-state index contributed by atoms with van der Waals surface area (Å²) in [6.07, 6.45) is 1.72. The molecule has 2 aliphatic heterocycles. The molecular formula is C14H18N2O2. The van der Waals surface area contributed by atoms with E-state index in [1.54, 1.807) is 12.1 Å². The molecule has 4 nitrogen and oxygen atoms in total. The maximum absolute atomic E-state index is 11.6. The van der Waals surface area contributed by atoms with E-state index in [9.17, 15) is 9.90 Å². The predicted molar refractivity (Wildman–Crippen MR) is 68.1 cm³/mol. The highest BCUT2D eigenvalue weighted by Gasteiger charge is 2.35. The van der Waals surface area contributed by atoms with E-state index in [2.05, 4.69) is 4.90 Å². The Morgan fingerprint density at radius 3 is 2.78 bits per heavy atom. The van der Waals surface area contributed by atoms with Crippen molar-refractivity contribution in [2.24, 2.45) is 0 Å². The zero-order valence-corrected chi connectivity index (χ0v) is 10.4. The van der Waals surface area contributed by atoms with Crippen LogP contribution in [0.15, 0.2) is 24.3 Å². The number of hydrogen-bond donors (Lipinski definition) is 1. The number of fused-ring (bicyclic) bond motifs is 1. The van der Waals surface area contributed by atoms with Gasteiger partial charge in [-0.15, -0.1) is 0 Å². The molecule has 2 saturated heterocycles. The van der Waals surface area contributed by atoms with Crippen LogP contribution >= 0.6 is 0 Å². The number of benzene rings is 1. The lowest BCUT2D eigenvalue weighted by Crippen LogP contribution is -2.50. The Balaban J connectivity index is 1.62. The Labute approximate surface area is 107 Å². The highest BCUT2D eigenvalue weighted by molar-refractivity contribution is 5.78. The fourth-order valence-electron chi connectivity index (χ4n) is 2.93. The van der Waals surface area contributed by atoms with Gasteiger partial charge in [0, 0.05) is 38.6 Å². The Kier molecular flexibility index (Phi) is 2.96. The Morgan fingerprint density at radius 2 is 2.00 bits per heavy atom. The highest BCUT2D eigenvalue weighted by atomic mass is 16.3. The van der Waals surface area contributed by atoms with Crippen molar-refractivity contribution in [3.8, 4) is 5.75 Å². The molecule has 1 atom stereocenters. The number of phenols is 1. The van der Waals surface area contributed by atoms with Gasteiger partial charge in [0.1, 0.15) is 5.75 Å². The summed E-state index contributed by atoms with van der Waals surface area (Å²) in [7, 11) is 0. The smallest absolute Gasteiger partial charge is 0.222 e. The highest BCUT2D eigenvalue weighted by Crippen LogP contribution is 2.23. The molecule has 0 aliphatic carbocycles. The van der Waals surface area contributed by atoms with Gasteiger partial charge < -0.3 is 10.0 Å². The average molecular weight is 246 g/mol.